The molecule has 1 aliphatic rings. The third kappa shape index (κ3) is 4.88. The zero-order valence-electron chi connectivity index (χ0n) is 14.2. The van der Waals surface area contributed by atoms with Crippen molar-refractivity contribution in [2.75, 3.05) is 19.8 Å². The van der Waals surface area contributed by atoms with Crippen LogP contribution in [0, 0.1) is 5.41 Å². The molecular weight excluding hydrogens is 308 g/mol. The predicted octanol–water partition coefficient (Wildman–Crippen LogP) is 2.68. The summed E-state index contributed by atoms with van der Waals surface area (Å²) >= 11 is 0. The first-order valence-electron chi connectivity index (χ1n) is 8.32. The number of hydrogen-bond donors (Lipinski definition) is 1. The maximum atomic E-state index is 12.6. The lowest BCUT2D eigenvalue weighted by Crippen LogP contribution is -2.39. The minimum absolute atomic E-state index is 0.00651. The Morgan fingerprint density at radius 2 is 1.83 bits per heavy atom. The molecule has 0 heterocycles. The quantitative estimate of drug-likeness (QED) is 0.869. The van der Waals surface area contributed by atoms with Crippen molar-refractivity contribution in [3.05, 3.63) is 29.8 Å². The Morgan fingerprint density at radius 1 is 1.22 bits per heavy atom. The van der Waals surface area contributed by atoms with Crippen molar-refractivity contribution >= 4 is 16.7 Å². The lowest BCUT2D eigenvalue weighted by molar-refractivity contribution is -0.133. The first kappa shape index (κ1) is 18.1. The third-order valence-corrected chi connectivity index (χ3v) is 5.91. The van der Waals surface area contributed by atoms with Crippen LogP contribution in [0.4, 0.5) is 0 Å². The molecule has 0 radical (unpaired) electrons. The largest absolute Gasteiger partial charge is 0.341 e. The number of amides is 1. The lowest BCUT2D eigenvalue weighted by atomic mass is 9.71. The average Bonchev–Trinajstić information content (AvgIpc) is 2.56. The molecule has 1 aliphatic carbocycles. The Labute approximate surface area is 141 Å². The van der Waals surface area contributed by atoms with Crippen molar-refractivity contribution in [2.45, 2.75) is 50.0 Å². The average molecular weight is 337 g/mol. The van der Waals surface area contributed by atoms with E-state index in [0.29, 0.717) is 19.5 Å². The molecule has 2 N–H and O–H groups in total. The summed E-state index contributed by atoms with van der Waals surface area (Å²) in [6.07, 6.45) is 7.99. The van der Waals surface area contributed by atoms with E-state index < -0.39 is 10.8 Å². The van der Waals surface area contributed by atoms with Gasteiger partial charge in [0.25, 0.3) is 0 Å². The van der Waals surface area contributed by atoms with Crippen LogP contribution in [0.25, 0.3) is 0 Å². The summed E-state index contributed by atoms with van der Waals surface area (Å²) in [4.78, 5) is 15.2. The molecule has 2 rings (SSSR count). The van der Waals surface area contributed by atoms with Crippen LogP contribution in [0.3, 0.4) is 0 Å². The van der Waals surface area contributed by atoms with Gasteiger partial charge in [0.05, 0.1) is 0 Å². The molecule has 1 aromatic rings. The summed E-state index contributed by atoms with van der Waals surface area (Å²) in [6, 6.07) is 7.62. The summed E-state index contributed by atoms with van der Waals surface area (Å²) in [5, 5.41) is 0. The summed E-state index contributed by atoms with van der Waals surface area (Å²) in [5.41, 5.74) is 7.05. The van der Waals surface area contributed by atoms with Gasteiger partial charge in [-0.05, 0) is 42.5 Å². The molecule has 0 aromatic heterocycles. The number of carbonyl (C=O) groups excluding carboxylic acids is 1. The number of nitrogens with two attached hydrogens (primary N) is 1. The van der Waals surface area contributed by atoms with E-state index in [2.05, 4.69) is 0 Å². The summed E-state index contributed by atoms with van der Waals surface area (Å²) in [7, 11) is 0.883. The highest BCUT2D eigenvalue weighted by Gasteiger charge is 2.33. The van der Waals surface area contributed by atoms with E-state index in [9.17, 15) is 9.00 Å². The normalized spacial score (nSPS) is 18.4. The fourth-order valence-corrected chi connectivity index (χ4v) is 3.88. The highest BCUT2D eigenvalue weighted by Crippen LogP contribution is 2.38. The second-order valence-electron chi connectivity index (χ2n) is 6.79. The van der Waals surface area contributed by atoms with Gasteiger partial charge in [-0.1, -0.05) is 31.4 Å². The third-order valence-electron chi connectivity index (χ3n) is 4.97. The van der Waals surface area contributed by atoms with E-state index >= 15 is 0 Å². The first-order chi connectivity index (χ1) is 11.0. The molecule has 1 atom stereocenters. The second-order valence-corrected chi connectivity index (χ2v) is 8.17. The van der Waals surface area contributed by atoms with E-state index in [4.69, 9.17) is 5.73 Å². The van der Waals surface area contributed by atoms with Gasteiger partial charge < -0.3 is 10.6 Å². The molecule has 1 saturated carbocycles. The monoisotopic (exact) mass is 336 g/mol. The summed E-state index contributed by atoms with van der Waals surface area (Å²) in [5.74, 6) is 0.167. The molecule has 23 heavy (non-hydrogen) atoms. The van der Waals surface area contributed by atoms with Crippen molar-refractivity contribution in [3.8, 4) is 0 Å². The van der Waals surface area contributed by atoms with Crippen molar-refractivity contribution in [1.29, 1.82) is 0 Å². The molecule has 0 bridgehead atoms. The van der Waals surface area contributed by atoms with Gasteiger partial charge in [0.1, 0.15) is 0 Å². The van der Waals surface area contributed by atoms with E-state index in [1.165, 1.54) is 19.3 Å². The predicted molar refractivity (Wildman–Crippen MR) is 94.4 cm³/mol. The van der Waals surface area contributed by atoms with Crippen LogP contribution in [0.1, 0.15) is 44.1 Å². The van der Waals surface area contributed by atoms with E-state index in [1.807, 2.05) is 31.3 Å². The number of hydrogen-bond acceptors (Lipinski definition) is 3. The standard InChI is InChI=1S/C18H28N2O2S/c1-20(13-15-6-8-16(9-7-15)23(2)22)17(21)12-18(14-19)10-4-3-5-11-18/h6-9H,3-5,10-14,19H2,1-2H3. The minimum atomic E-state index is -0.965. The van der Waals surface area contributed by atoms with E-state index in [0.717, 1.165) is 23.3 Å². The van der Waals surface area contributed by atoms with E-state index in [-0.39, 0.29) is 11.3 Å². The minimum Gasteiger partial charge on any atom is -0.341 e. The number of benzene rings is 1. The highest BCUT2D eigenvalue weighted by molar-refractivity contribution is 7.84. The van der Waals surface area contributed by atoms with Crippen LogP contribution in [-0.2, 0) is 22.1 Å². The van der Waals surface area contributed by atoms with Gasteiger partial charge in [0.15, 0.2) is 0 Å². The molecule has 1 fully saturated rings. The van der Waals surface area contributed by atoms with Gasteiger partial charge in [-0.2, -0.15) is 0 Å². The van der Waals surface area contributed by atoms with Crippen molar-refractivity contribution in [3.63, 3.8) is 0 Å². The number of carbonyl (C=O) groups is 1. The SMILES string of the molecule is CN(Cc1ccc(S(C)=O)cc1)C(=O)CC1(CN)CCCCC1. The Hall–Kier alpha value is -1.20. The van der Waals surface area contributed by atoms with Gasteiger partial charge in [0, 0.05) is 42.0 Å². The van der Waals surface area contributed by atoms with E-state index in [1.54, 1.807) is 11.2 Å². The van der Waals surface area contributed by atoms with Gasteiger partial charge in [-0.15, -0.1) is 0 Å². The molecule has 0 spiro atoms. The van der Waals surface area contributed by atoms with Gasteiger partial charge >= 0.3 is 0 Å². The molecule has 1 amide bonds. The number of rotatable bonds is 6. The Bertz CT molecular complexity index is 551. The highest BCUT2D eigenvalue weighted by atomic mass is 32.2. The molecule has 1 aromatic carbocycles. The molecule has 4 nitrogen and oxygen atoms in total. The molecule has 0 aliphatic heterocycles. The lowest BCUT2D eigenvalue weighted by Gasteiger charge is -2.36. The molecule has 5 heteroatoms. The van der Waals surface area contributed by atoms with Crippen molar-refractivity contribution < 1.29 is 9.00 Å². The first-order valence-corrected chi connectivity index (χ1v) is 9.88. The summed E-state index contributed by atoms with van der Waals surface area (Å²) in [6.45, 7) is 1.18. The van der Waals surface area contributed by atoms with Crippen LogP contribution in [0.2, 0.25) is 0 Å². The fraction of sp³-hybridized carbons (Fsp3) is 0.611. The van der Waals surface area contributed by atoms with Crippen LogP contribution in [0.5, 0.6) is 0 Å². The Kier molecular flexibility index (Phi) is 6.36. The smallest absolute Gasteiger partial charge is 0.223 e. The van der Waals surface area contributed by atoms with Gasteiger partial charge in [0.2, 0.25) is 5.91 Å². The van der Waals surface area contributed by atoms with Crippen LogP contribution >= 0.6 is 0 Å². The van der Waals surface area contributed by atoms with Crippen LogP contribution in [-0.4, -0.2) is 34.9 Å². The zero-order chi connectivity index (χ0) is 16.9. The molecular formula is C18H28N2O2S. The van der Waals surface area contributed by atoms with Gasteiger partial charge in [-0.25, -0.2) is 0 Å². The molecule has 1 unspecified atom stereocenters. The topological polar surface area (TPSA) is 63.4 Å². The molecule has 128 valence electrons. The molecule has 0 saturated heterocycles. The zero-order valence-corrected chi connectivity index (χ0v) is 15.0. The Morgan fingerprint density at radius 3 is 2.35 bits per heavy atom. The van der Waals surface area contributed by atoms with Crippen LogP contribution in [0.15, 0.2) is 29.2 Å². The second kappa shape index (κ2) is 8.06. The van der Waals surface area contributed by atoms with Crippen LogP contribution < -0.4 is 5.73 Å². The maximum Gasteiger partial charge on any atom is 0.223 e. The fourth-order valence-electron chi connectivity index (χ4n) is 3.36. The van der Waals surface area contributed by atoms with Crippen molar-refractivity contribution in [1.82, 2.24) is 4.90 Å². The van der Waals surface area contributed by atoms with Crippen molar-refractivity contribution in [2.24, 2.45) is 11.1 Å². The van der Waals surface area contributed by atoms with Gasteiger partial charge in [-0.3, -0.25) is 9.00 Å². The summed E-state index contributed by atoms with van der Waals surface area (Å²) < 4.78 is 11.4. The number of nitrogens with zero attached hydrogens (tertiary/aromatic N) is 1. The Balaban J connectivity index is 1.95. The maximum absolute atomic E-state index is 12.6.